The van der Waals surface area contributed by atoms with Crippen LogP contribution < -0.4 is 0 Å². The van der Waals surface area contributed by atoms with E-state index in [1.807, 2.05) is 47.4 Å². The number of ether oxygens (including phenoxy) is 1. The van der Waals surface area contributed by atoms with Gasteiger partial charge in [0, 0.05) is 13.1 Å². The van der Waals surface area contributed by atoms with Crippen molar-refractivity contribution in [3.63, 3.8) is 0 Å². The zero-order valence-corrected chi connectivity index (χ0v) is 15.8. The summed E-state index contributed by atoms with van der Waals surface area (Å²) < 4.78 is 5.59. The number of hydrogen-bond donors (Lipinski definition) is 2. The van der Waals surface area contributed by atoms with Crippen LogP contribution in [0.4, 0.5) is 0 Å². The highest BCUT2D eigenvalue weighted by Crippen LogP contribution is 2.21. The second-order valence-corrected chi connectivity index (χ2v) is 7.37. The van der Waals surface area contributed by atoms with Crippen LogP contribution in [-0.2, 0) is 29.2 Å². The number of carbonyl (C=O) groups excluding carboxylic acids is 1. The van der Waals surface area contributed by atoms with Crippen LogP contribution in [0.25, 0.3) is 11.0 Å². The quantitative estimate of drug-likeness (QED) is 0.662. The van der Waals surface area contributed by atoms with Gasteiger partial charge >= 0.3 is 0 Å². The van der Waals surface area contributed by atoms with E-state index in [-0.39, 0.29) is 19.1 Å². The molecule has 0 radical (unpaired) electrons. The number of fused-ring (bicyclic) bond motifs is 1. The van der Waals surface area contributed by atoms with Crippen molar-refractivity contribution < 1.29 is 14.6 Å². The lowest BCUT2D eigenvalue weighted by atomic mass is 9.97. The molecule has 3 aromatic rings. The first-order chi connectivity index (χ1) is 13.7. The van der Waals surface area contributed by atoms with Crippen LogP contribution in [0.3, 0.4) is 0 Å². The van der Waals surface area contributed by atoms with Crippen molar-refractivity contribution in [3.05, 3.63) is 65.5 Å². The Morgan fingerprint density at radius 2 is 2.07 bits per heavy atom. The average molecular weight is 379 g/mol. The summed E-state index contributed by atoms with van der Waals surface area (Å²) in [5.74, 6) is 1.22. The zero-order valence-electron chi connectivity index (χ0n) is 15.8. The smallest absolute Gasteiger partial charge is 0.248 e. The van der Waals surface area contributed by atoms with E-state index < -0.39 is 0 Å². The minimum Gasteiger partial charge on any atom is -0.392 e. The normalized spacial score (nSPS) is 16.8. The number of aromatic nitrogens is 2. The summed E-state index contributed by atoms with van der Waals surface area (Å²) >= 11 is 0. The molecule has 146 valence electrons. The molecule has 1 fully saturated rings. The first kappa shape index (κ1) is 18.7. The zero-order chi connectivity index (χ0) is 19.3. The van der Waals surface area contributed by atoms with Gasteiger partial charge in [-0.2, -0.15) is 0 Å². The Balaban J connectivity index is 1.24. The van der Waals surface area contributed by atoms with Gasteiger partial charge in [0.2, 0.25) is 5.91 Å². The van der Waals surface area contributed by atoms with Crippen molar-refractivity contribution in [2.45, 2.75) is 26.1 Å². The lowest BCUT2D eigenvalue weighted by Gasteiger charge is -2.16. The highest BCUT2D eigenvalue weighted by molar-refractivity contribution is 5.77. The molecule has 0 saturated carbocycles. The fourth-order valence-corrected chi connectivity index (χ4v) is 3.81. The van der Waals surface area contributed by atoms with Crippen LogP contribution in [0.15, 0.2) is 48.5 Å². The van der Waals surface area contributed by atoms with E-state index in [4.69, 9.17) is 4.74 Å². The maximum atomic E-state index is 12.4. The van der Waals surface area contributed by atoms with Crippen LogP contribution >= 0.6 is 0 Å². The van der Waals surface area contributed by atoms with Gasteiger partial charge in [0.15, 0.2) is 0 Å². The predicted octanol–water partition coefficient (Wildman–Crippen LogP) is 2.66. The number of imidazole rings is 1. The third-order valence-corrected chi connectivity index (χ3v) is 5.24. The Hall–Kier alpha value is -2.70. The SMILES string of the molecule is O=C(COCc1nc2ccccc2[nH]1)N1CC[C@H](Cc2cccc(CO)c2)C1. The second kappa shape index (κ2) is 8.54. The third kappa shape index (κ3) is 4.40. The van der Waals surface area contributed by atoms with Gasteiger partial charge in [-0.25, -0.2) is 4.98 Å². The lowest BCUT2D eigenvalue weighted by Crippen LogP contribution is -2.32. The summed E-state index contributed by atoms with van der Waals surface area (Å²) in [6.45, 7) is 1.97. The summed E-state index contributed by atoms with van der Waals surface area (Å²) in [7, 11) is 0. The van der Waals surface area contributed by atoms with Crippen molar-refractivity contribution in [1.29, 1.82) is 0 Å². The summed E-state index contributed by atoms with van der Waals surface area (Å²) in [6.07, 6.45) is 1.93. The molecular formula is C22H25N3O3. The molecule has 1 amide bonds. The van der Waals surface area contributed by atoms with Gasteiger partial charge in [-0.15, -0.1) is 0 Å². The second-order valence-electron chi connectivity index (χ2n) is 7.37. The molecule has 4 rings (SSSR count). The summed E-state index contributed by atoms with van der Waals surface area (Å²) in [6, 6.07) is 15.8. The van der Waals surface area contributed by atoms with Crippen LogP contribution in [0, 0.1) is 5.92 Å². The number of nitrogens with one attached hydrogen (secondary N) is 1. The van der Waals surface area contributed by atoms with Crippen molar-refractivity contribution >= 4 is 16.9 Å². The molecule has 2 heterocycles. The molecule has 1 aromatic heterocycles. The number of likely N-dealkylation sites (tertiary alicyclic amines) is 1. The number of hydrogen-bond acceptors (Lipinski definition) is 4. The topological polar surface area (TPSA) is 78.5 Å². The van der Waals surface area contributed by atoms with Crippen LogP contribution in [0.1, 0.15) is 23.4 Å². The number of nitrogens with zero attached hydrogens (tertiary/aromatic N) is 2. The van der Waals surface area contributed by atoms with E-state index in [9.17, 15) is 9.90 Å². The number of rotatable bonds is 7. The molecule has 0 aliphatic carbocycles. The van der Waals surface area contributed by atoms with E-state index in [1.54, 1.807) is 0 Å². The maximum Gasteiger partial charge on any atom is 0.248 e. The van der Waals surface area contributed by atoms with Crippen LogP contribution in [-0.4, -0.2) is 45.6 Å². The Labute approximate surface area is 164 Å². The molecule has 1 atom stereocenters. The molecule has 1 aliphatic heterocycles. The molecule has 0 unspecified atom stereocenters. The van der Waals surface area contributed by atoms with Gasteiger partial charge in [0.05, 0.1) is 17.6 Å². The first-order valence-electron chi connectivity index (χ1n) is 9.69. The third-order valence-electron chi connectivity index (χ3n) is 5.24. The van der Waals surface area contributed by atoms with E-state index in [1.165, 1.54) is 5.56 Å². The molecule has 28 heavy (non-hydrogen) atoms. The van der Waals surface area contributed by atoms with Crippen molar-refractivity contribution in [2.24, 2.45) is 5.92 Å². The molecule has 2 aromatic carbocycles. The van der Waals surface area contributed by atoms with Gasteiger partial charge in [0.25, 0.3) is 0 Å². The fraction of sp³-hybridized carbons (Fsp3) is 0.364. The predicted molar refractivity (Wildman–Crippen MR) is 107 cm³/mol. The van der Waals surface area contributed by atoms with Crippen LogP contribution in [0.5, 0.6) is 0 Å². The Bertz CT molecular complexity index is 920. The molecular weight excluding hydrogens is 354 g/mol. The van der Waals surface area contributed by atoms with Gasteiger partial charge < -0.3 is 19.7 Å². The maximum absolute atomic E-state index is 12.4. The van der Waals surface area contributed by atoms with Crippen molar-refractivity contribution in [2.75, 3.05) is 19.7 Å². The molecule has 6 nitrogen and oxygen atoms in total. The van der Waals surface area contributed by atoms with E-state index >= 15 is 0 Å². The first-order valence-corrected chi connectivity index (χ1v) is 9.69. The summed E-state index contributed by atoms with van der Waals surface area (Å²) in [5, 5.41) is 9.27. The minimum atomic E-state index is 0.0303. The van der Waals surface area contributed by atoms with E-state index in [2.05, 4.69) is 16.0 Å². The summed E-state index contributed by atoms with van der Waals surface area (Å²) in [4.78, 5) is 22.0. The van der Waals surface area contributed by atoms with Crippen LogP contribution in [0.2, 0.25) is 0 Å². The number of aromatic amines is 1. The number of amides is 1. The fourth-order valence-electron chi connectivity index (χ4n) is 3.81. The largest absolute Gasteiger partial charge is 0.392 e. The van der Waals surface area contributed by atoms with Crippen molar-refractivity contribution in [3.8, 4) is 0 Å². The number of H-pyrrole nitrogens is 1. The number of benzene rings is 2. The number of aliphatic hydroxyl groups is 1. The number of para-hydroxylation sites is 2. The average Bonchev–Trinajstić information content (AvgIpc) is 3.34. The molecule has 2 N–H and O–H groups in total. The standard InChI is InChI=1S/C22H25N3O3/c26-13-18-5-3-4-16(11-18)10-17-8-9-25(12-17)22(27)15-28-14-21-23-19-6-1-2-7-20(19)24-21/h1-7,11,17,26H,8-10,12-15H2,(H,23,24)/t17-/m1/s1. The highest BCUT2D eigenvalue weighted by atomic mass is 16.5. The molecule has 0 bridgehead atoms. The summed E-state index contributed by atoms with van der Waals surface area (Å²) in [5.41, 5.74) is 4.02. The lowest BCUT2D eigenvalue weighted by molar-refractivity contribution is -0.135. The van der Waals surface area contributed by atoms with Gasteiger partial charge in [-0.05, 0) is 42.0 Å². The van der Waals surface area contributed by atoms with E-state index in [0.29, 0.717) is 12.5 Å². The number of carbonyl (C=O) groups is 1. The number of aliphatic hydroxyl groups excluding tert-OH is 1. The Kier molecular flexibility index (Phi) is 5.69. The van der Waals surface area contributed by atoms with Gasteiger partial charge in [-0.3, -0.25) is 4.79 Å². The van der Waals surface area contributed by atoms with Gasteiger partial charge in [0.1, 0.15) is 19.0 Å². The Morgan fingerprint density at radius 1 is 1.21 bits per heavy atom. The minimum absolute atomic E-state index is 0.0303. The van der Waals surface area contributed by atoms with Crippen molar-refractivity contribution in [1.82, 2.24) is 14.9 Å². The molecule has 6 heteroatoms. The van der Waals surface area contributed by atoms with E-state index in [0.717, 1.165) is 48.4 Å². The Morgan fingerprint density at radius 3 is 2.93 bits per heavy atom. The highest BCUT2D eigenvalue weighted by Gasteiger charge is 2.26. The molecule has 0 spiro atoms. The molecule has 1 aliphatic rings. The van der Waals surface area contributed by atoms with Gasteiger partial charge in [-0.1, -0.05) is 36.4 Å². The molecule has 1 saturated heterocycles. The monoisotopic (exact) mass is 379 g/mol.